The first-order valence-electron chi connectivity index (χ1n) is 7.24. The fourth-order valence-electron chi connectivity index (χ4n) is 2.71. The Balaban J connectivity index is 2.11. The molecule has 1 saturated heterocycles. The van der Waals surface area contributed by atoms with E-state index in [1.807, 2.05) is 0 Å². The molecule has 0 spiro atoms. The van der Waals surface area contributed by atoms with Crippen LogP contribution in [0.4, 0.5) is 4.39 Å². The van der Waals surface area contributed by atoms with E-state index in [1.54, 1.807) is 0 Å². The summed E-state index contributed by atoms with van der Waals surface area (Å²) in [4.78, 5) is 24.7. The van der Waals surface area contributed by atoms with Gasteiger partial charge in [0.25, 0.3) is 0 Å². The molecule has 1 N–H and O–H groups in total. The quantitative estimate of drug-likeness (QED) is 0.814. The molecule has 0 unspecified atom stereocenters. The number of carboxylic acids is 1. The van der Waals surface area contributed by atoms with Gasteiger partial charge in [-0.05, 0) is 37.1 Å². The van der Waals surface area contributed by atoms with Crippen LogP contribution in [-0.4, -0.2) is 48.6 Å². The summed E-state index contributed by atoms with van der Waals surface area (Å²) >= 11 is 0. The summed E-state index contributed by atoms with van der Waals surface area (Å²) in [7, 11) is -3.75. The maximum Gasteiger partial charge on any atom is 0.326 e. The molecule has 0 radical (unpaired) electrons. The Morgan fingerprint density at radius 1 is 1.35 bits per heavy atom. The number of hydrogen-bond donors (Lipinski definition) is 1. The van der Waals surface area contributed by atoms with Gasteiger partial charge in [-0.25, -0.2) is 17.6 Å². The Hall–Kier alpha value is -1.96. The van der Waals surface area contributed by atoms with Crippen molar-refractivity contribution in [3.8, 4) is 0 Å². The van der Waals surface area contributed by atoms with Crippen LogP contribution >= 0.6 is 0 Å². The van der Waals surface area contributed by atoms with Crippen molar-refractivity contribution < 1.29 is 27.5 Å². The minimum Gasteiger partial charge on any atom is -0.480 e. The van der Waals surface area contributed by atoms with Crippen LogP contribution < -0.4 is 0 Å². The van der Waals surface area contributed by atoms with Gasteiger partial charge in [-0.2, -0.15) is 0 Å². The summed E-state index contributed by atoms with van der Waals surface area (Å²) in [6.45, 7) is 1.78. The molecule has 1 aliphatic heterocycles. The number of hydrogen-bond acceptors (Lipinski definition) is 4. The molecule has 0 aromatic heterocycles. The van der Waals surface area contributed by atoms with Crippen LogP contribution in [0, 0.1) is 11.7 Å². The minimum atomic E-state index is -3.75. The number of sulfone groups is 1. The molecule has 0 saturated carbocycles. The van der Waals surface area contributed by atoms with E-state index in [-0.39, 0.29) is 4.90 Å². The monoisotopic (exact) mass is 343 g/mol. The van der Waals surface area contributed by atoms with Crippen molar-refractivity contribution in [2.24, 2.45) is 5.92 Å². The first-order chi connectivity index (χ1) is 10.7. The second-order valence-corrected chi connectivity index (χ2v) is 7.70. The average molecular weight is 343 g/mol. The number of benzene rings is 1. The fourth-order valence-corrected chi connectivity index (χ4v) is 4.25. The largest absolute Gasteiger partial charge is 0.480 e. The number of likely N-dealkylation sites (tertiary alicyclic amines) is 1. The average Bonchev–Trinajstić information content (AvgIpc) is 2.96. The highest BCUT2D eigenvalue weighted by Crippen LogP contribution is 2.22. The van der Waals surface area contributed by atoms with E-state index in [2.05, 4.69) is 0 Å². The molecule has 0 bridgehead atoms. The number of carbonyl (C=O) groups excluding carboxylic acids is 1. The zero-order valence-electron chi connectivity index (χ0n) is 12.6. The van der Waals surface area contributed by atoms with Crippen LogP contribution in [0.25, 0.3) is 0 Å². The Labute approximate surface area is 133 Å². The van der Waals surface area contributed by atoms with Gasteiger partial charge in [0.15, 0.2) is 9.84 Å². The van der Waals surface area contributed by atoms with E-state index in [0.717, 1.165) is 24.3 Å². The number of amides is 1. The maximum atomic E-state index is 12.9. The van der Waals surface area contributed by atoms with E-state index in [9.17, 15) is 22.4 Å². The predicted molar refractivity (Wildman–Crippen MR) is 80.0 cm³/mol. The number of rotatable bonds is 5. The fraction of sp³-hybridized carbons (Fsp3) is 0.467. The van der Waals surface area contributed by atoms with E-state index < -0.39 is 45.2 Å². The lowest BCUT2D eigenvalue weighted by Crippen LogP contribution is -2.44. The van der Waals surface area contributed by atoms with Crippen molar-refractivity contribution in [2.75, 3.05) is 12.3 Å². The predicted octanol–water partition coefficient (Wildman–Crippen LogP) is 1.31. The molecule has 2 rings (SSSR count). The van der Waals surface area contributed by atoms with Crippen molar-refractivity contribution in [1.82, 2.24) is 4.90 Å². The number of carbonyl (C=O) groups is 2. The Morgan fingerprint density at radius 2 is 1.96 bits per heavy atom. The van der Waals surface area contributed by atoms with Crippen molar-refractivity contribution in [3.63, 3.8) is 0 Å². The van der Waals surface area contributed by atoms with Gasteiger partial charge < -0.3 is 10.0 Å². The first kappa shape index (κ1) is 17.4. The number of nitrogens with zero attached hydrogens (tertiary/aromatic N) is 1. The zero-order valence-corrected chi connectivity index (χ0v) is 13.4. The number of carboxylic acid groups (broad SMARTS) is 1. The van der Waals surface area contributed by atoms with Crippen LogP contribution in [0.15, 0.2) is 29.2 Å². The first-order valence-corrected chi connectivity index (χ1v) is 8.89. The van der Waals surface area contributed by atoms with Crippen LogP contribution in [-0.2, 0) is 19.4 Å². The van der Waals surface area contributed by atoms with Crippen molar-refractivity contribution in [3.05, 3.63) is 30.1 Å². The maximum absolute atomic E-state index is 12.9. The minimum absolute atomic E-state index is 0.0604. The molecule has 1 aromatic rings. The molecule has 1 aromatic carbocycles. The van der Waals surface area contributed by atoms with Gasteiger partial charge in [0.05, 0.1) is 10.6 Å². The third kappa shape index (κ3) is 3.87. The van der Waals surface area contributed by atoms with E-state index in [1.165, 1.54) is 11.8 Å². The standard InChI is InChI=1S/C15H18FNO5S/c1-10(14(18)17-8-2-3-13(17)15(19)20)9-23(21,22)12-6-4-11(16)5-7-12/h4-7,10,13H,2-3,8-9H2,1H3,(H,19,20)/t10-,13-/m0/s1. The lowest BCUT2D eigenvalue weighted by molar-refractivity contribution is -0.149. The Bertz CT molecular complexity index is 701. The summed E-state index contributed by atoms with van der Waals surface area (Å²) in [5.74, 6) is -3.43. The molecular weight excluding hydrogens is 325 g/mol. The molecule has 23 heavy (non-hydrogen) atoms. The van der Waals surface area contributed by atoms with Crippen LogP contribution in [0.3, 0.4) is 0 Å². The number of aliphatic carboxylic acids is 1. The SMILES string of the molecule is C[C@@H](CS(=O)(=O)c1ccc(F)cc1)C(=O)N1CCC[C@H]1C(=O)O. The highest BCUT2D eigenvalue weighted by atomic mass is 32.2. The molecule has 6 nitrogen and oxygen atoms in total. The zero-order chi connectivity index (χ0) is 17.2. The summed E-state index contributed by atoms with van der Waals surface area (Å²) in [6.07, 6.45) is 0.957. The molecule has 1 aliphatic rings. The van der Waals surface area contributed by atoms with E-state index in [0.29, 0.717) is 19.4 Å². The van der Waals surface area contributed by atoms with Gasteiger partial charge in [0, 0.05) is 12.5 Å². The normalized spacial score (nSPS) is 19.6. The summed E-state index contributed by atoms with van der Waals surface area (Å²) in [5.41, 5.74) is 0. The van der Waals surface area contributed by atoms with E-state index >= 15 is 0 Å². The summed E-state index contributed by atoms with van der Waals surface area (Å²) < 4.78 is 37.4. The molecule has 1 fully saturated rings. The van der Waals surface area contributed by atoms with Gasteiger partial charge in [-0.15, -0.1) is 0 Å². The Kier molecular flexibility index (Phi) is 5.03. The molecule has 126 valence electrons. The smallest absolute Gasteiger partial charge is 0.326 e. The van der Waals surface area contributed by atoms with Crippen LogP contribution in [0.2, 0.25) is 0 Å². The molecule has 1 heterocycles. The lowest BCUT2D eigenvalue weighted by Gasteiger charge is -2.24. The molecule has 0 aliphatic carbocycles. The van der Waals surface area contributed by atoms with Crippen molar-refractivity contribution >= 4 is 21.7 Å². The summed E-state index contributed by atoms with van der Waals surface area (Å²) in [5, 5.41) is 9.10. The molecule has 1 amide bonds. The van der Waals surface area contributed by atoms with Gasteiger partial charge >= 0.3 is 5.97 Å². The lowest BCUT2D eigenvalue weighted by atomic mass is 10.1. The second kappa shape index (κ2) is 6.66. The van der Waals surface area contributed by atoms with Crippen LogP contribution in [0.1, 0.15) is 19.8 Å². The van der Waals surface area contributed by atoms with Crippen molar-refractivity contribution in [2.45, 2.75) is 30.7 Å². The van der Waals surface area contributed by atoms with Crippen molar-refractivity contribution in [1.29, 1.82) is 0 Å². The van der Waals surface area contributed by atoms with Gasteiger partial charge in [0.1, 0.15) is 11.9 Å². The van der Waals surface area contributed by atoms with Crippen LogP contribution in [0.5, 0.6) is 0 Å². The second-order valence-electron chi connectivity index (χ2n) is 5.66. The molecule has 8 heteroatoms. The van der Waals surface area contributed by atoms with Gasteiger partial charge in [-0.3, -0.25) is 4.79 Å². The number of halogens is 1. The highest BCUT2D eigenvalue weighted by Gasteiger charge is 2.37. The van der Waals surface area contributed by atoms with E-state index in [4.69, 9.17) is 5.11 Å². The third-order valence-electron chi connectivity index (χ3n) is 3.88. The van der Waals surface area contributed by atoms with Gasteiger partial charge in [-0.1, -0.05) is 6.92 Å². The van der Waals surface area contributed by atoms with Gasteiger partial charge in [0.2, 0.25) is 5.91 Å². The highest BCUT2D eigenvalue weighted by molar-refractivity contribution is 7.91. The Morgan fingerprint density at radius 3 is 2.52 bits per heavy atom. The topological polar surface area (TPSA) is 91.8 Å². The molecule has 2 atom stereocenters. The molecular formula is C15H18FNO5S. The summed E-state index contributed by atoms with van der Waals surface area (Å²) in [6, 6.07) is 3.49. The third-order valence-corrected chi connectivity index (χ3v) is 5.81.